The van der Waals surface area contributed by atoms with E-state index in [9.17, 15) is 9.59 Å². The third-order valence-electron chi connectivity index (χ3n) is 3.10. The molecule has 2 rings (SSSR count). The molecule has 0 bridgehead atoms. The number of thioether (sulfide) groups is 1. The van der Waals surface area contributed by atoms with E-state index in [1.807, 2.05) is 37.3 Å². The maximum absolute atomic E-state index is 12.7. The van der Waals surface area contributed by atoms with Gasteiger partial charge in [-0.3, -0.25) is 4.79 Å². The Hall–Kier alpha value is -2.27. The number of Topliss-reactive ketones (excluding diaryl/α,β-unsaturated/α-hetero) is 1. The summed E-state index contributed by atoms with van der Waals surface area (Å²) in [7, 11) is 0. The number of nitrogens with one attached hydrogen (secondary N) is 1. The summed E-state index contributed by atoms with van der Waals surface area (Å²) in [5.74, 6) is -0.163. The van der Waals surface area contributed by atoms with Gasteiger partial charge in [0.2, 0.25) is 0 Å². The maximum atomic E-state index is 12.7. The van der Waals surface area contributed by atoms with Crippen molar-refractivity contribution in [3.05, 3.63) is 65.7 Å². The lowest BCUT2D eigenvalue weighted by molar-refractivity contribution is 0.0964. The molecule has 0 aromatic heterocycles. The molecule has 1 N–H and O–H groups in total. The van der Waals surface area contributed by atoms with Crippen LogP contribution < -0.4 is 5.32 Å². The highest BCUT2D eigenvalue weighted by Gasteiger charge is 2.23. The molecular formula is C18H19NO3S. The van der Waals surface area contributed by atoms with Gasteiger partial charge in [0.1, 0.15) is 5.37 Å². The highest BCUT2D eigenvalue weighted by atomic mass is 32.2. The number of carbonyl (C=O) groups excluding carboxylic acids is 2. The van der Waals surface area contributed by atoms with Crippen LogP contribution in [-0.4, -0.2) is 23.9 Å². The molecule has 4 nitrogen and oxygen atoms in total. The lowest BCUT2D eigenvalue weighted by atomic mass is 10.1. The van der Waals surface area contributed by atoms with Gasteiger partial charge in [-0.15, -0.1) is 0 Å². The second-order valence-corrected chi connectivity index (χ2v) is 6.08. The Bertz CT molecular complexity index is 656. The predicted octanol–water partition coefficient (Wildman–Crippen LogP) is 4.04. The molecule has 0 heterocycles. The van der Waals surface area contributed by atoms with Crippen LogP contribution in [0.25, 0.3) is 0 Å². The predicted molar refractivity (Wildman–Crippen MR) is 91.8 cm³/mol. The lowest BCUT2D eigenvalue weighted by Crippen LogP contribution is -2.38. The molecular weight excluding hydrogens is 310 g/mol. The van der Waals surface area contributed by atoms with Crippen molar-refractivity contribution >= 4 is 23.6 Å². The number of ether oxygens (including phenoxy) is 1. The van der Waals surface area contributed by atoms with Gasteiger partial charge < -0.3 is 10.1 Å². The first-order valence-corrected chi connectivity index (χ1v) is 8.24. The minimum atomic E-state index is -0.737. The number of alkyl carbamates (subject to hydrolysis) is 1. The number of aryl methyl sites for hydroxylation is 1. The minimum Gasteiger partial charge on any atom is -0.450 e. The molecule has 1 atom stereocenters. The van der Waals surface area contributed by atoms with E-state index in [0.29, 0.717) is 5.56 Å². The van der Waals surface area contributed by atoms with Gasteiger partial charge in [-0.1, -0.05) is 59.8 Å². The molecule has 0 saturated carbocycles. The third-order valence-corrected chi connectivity index (χ3v) is 4.21. The summed E-state index contributed by atoms with van der Waals surface area (Å²) in [5.41, 5.74) is 1.69. The van der Waals surface area contributed by atoms with Crippen LogP contribution in [0.1, 0.15) is 22.8 Å². The summed E-state index contributed by atoms with van der Waals surface area (Å²) in [6, 6.07) is 16.7. The zero-order valence-electron chi connectivity index (χ0n) is 13.1. The number of rotatable bonds is 6. The van der Waals surface area contributed by atoms with Crippen molar-refractivity contribution in [2.45, 2.75) is 24.1 Å². The van der Waals surface area contributed by atoms with Crippen molar-refractivity contribution in [3.8, 4) is 0 Å². The number of ketones is 1. The molecule has 0 aliphatic carbocycles. The van der Waals surface area contributed by atoms with E-state index in [4.69, 9.17) is 4.74 Å². The molecule has 23 heavy (non-hydrogen) atoms. The average molecular weight is 329 g/mol. The Kier molecular flexibility index (Phi) is 6.23. The molecule has 2 aromatic rings. The van der Waals surface area contributed by atoms with Gasteiger partial charge >= 0.3 is 6.09 Å². The fraction of sp³-hybridized carbons (Fsp3) is 0.222. The summed E-state index contributed by atoms with van der Waals surface area (Å²) in [4.78, 5) is 25.3. The molecule has 1 amide bonds. The van der Waals surface area contributed by atoms with Gasteiger partial charge in [0.15, 0.2) is 5.78 Å². The summed E-state index contributed by atoms with van der Waals surface area (Å²) in [5, 5.41) is 1.89. The van der Waals surface area contributed by atoms with Gasteiger partial charge in [0.25, 0.3) is 0 Å². The fourth-order valence-corrected chi connectivity index (χ4v) is 2.90. The van der Waals surface area contributed by atoms with Crippen LogP contribution in [-0.2, 0) is 4.74 Å². The normalized spacial score (nSPS) is 11.6. The SMILES string of the molecule is CCOC(=O)N[C@@H](Sc1ccc(C)cc1)C(=O)c1ccccc1. The fourth-order valence-electron chi connectivity index (χ4n) is 1.94. The lowest BCUT2D eigenvalue weighted by Gasteiger charge is -2.17. The van der Waals surface area contributed by atoms with Crippen LogP contribution in [0.15, 0.2) is 59.5 Å². The van der Waals surface area contributed by atoms with Crippen LogP contribution in [0.4, 0.5) is 4.79 Å². The molecule has 0 saturated heterocycles. The molecule has 0 spiro atoms. The third kappa shape index (κ3) is 5.14. The van der Waals surface area contributed by atoms with Crippen LogP contribution in [0.5, 0.6) is 0 Å². The van der Waals surface area contributed by atoms with E-state index in [2.05, 4.69) is 5.32 Å². The van der Waals surface area contributed by atoms with Crippen LogP contribution in [0, 0.1) is 6.92 Å². The molecule has 0 aliphatic heterocycles. The molecule has 2 aromatic carbocycles. The van der Waals surface area contributed by atoms with Gasteiger partial charge in [-0.2, -0.15) is 0 Å². The second-order valence-electron chi connectivity index (χ2n) is 4.91. The van der Waals surface area contributed by atoms with Crippen molar-refractivity contribution in [1.82, 2.24) is 5.32 Å². The van der Waals surface area contributed by atoms with Crippen LogP contribution in [0.3, 0.4) is 0 Å². The Morgan fingerprint density at radius 1 is 1.09 bits per heavy atom. The van der Waals surface area contributed by atoms with Gasteiger partial charge in [-0.25, -0.2) is 4.79 Å². The molecule has 5 heteroatoms. The number of hydrogen-bond donors (Lipinski definition) is 1. The van der Waals surface area contributed by atoms with Gasteiger partial charge in [-0.05, 0) is 26.0 Å². The zero-order chi connectivity index (χ0) is 16.7. The Balaban J connectivity index is 2.18. The van der Waals surface area contributed by atoms with Crippen LogP contribution >= 0.6 is 11.8 Å². The zero-order valence-corrected chi connectivity index (χ0v) is 13.9. The van der Waals surface area contributed by atoms with Crippen molar-refractivity contribution in [2.75, 3.05) is 6.61 Å². The standard InChI is InChI=1S/C18H19NO3S/c1-3-22-18(21)19-17(16(20)14-7-5-4-6-8-14)23-15-11-9-13(2)10-12-15/h4-12,17H,3H2,1-2H3,(H,19,21)/t17-/m0/s1. The summed E-state index contributed by atoms with van der Waals surface area (Å²) < 4.78 is 4.90. The van der Waals surface area contributed by atoms with E-state index in [0.717, 1.165) is 10.5 Å². The molecule has 0 unspecified atom stereocenters. The monoisotopic (exact) mass is 329 g/mol. The Morgan fingerprint density at radius 2 is 1.74 bits per heavy atom. The van der Waals surface area contributed by atoms with Crippen molar-refractivity contribution in [2.24, 2.45) is 0 Å². The van der Waals surface area contributed by atoms with Crippen molar-refractivity contribution < 1.29 is 14.3 Å². The summed E-state index contributed by atoms with van der Waals surface area (Å²) in [6.07, 6.45) is -0.596. The first-order chi connectivity index (χ1) is 11.1. The number of hydrogen-bond acceptors (Lipinski definition) is 4. The van der Waals surface area contributed by atoms with Crippen molar-refractivity contribution in [1.29, 1.82) is 0 Å². The first kappa shape index (κ1) is 17.1. The van der Waals surface area contributed by atoms with Gasteiger partial charge in [0.05, 0.1) is 6.61 Å². The minimum absolute atomic E-state index is 0.163. The highest BCUT2D eigenvalue weighted by Crippen LogP contribution is 2.25. The van der Waals surface area contributed by atoms with Crippen molar-refractivity contribution in [3.63, 3.8) is 0 Å². The van der Waals surface area contributed by atoms with E-state index in [1.54, 1.807) is 31.2 Å². The topological polar surface area (TPSA) is 55.4 Å². The van der Waals surface area contributed by atoms with Crippen LogP contribution in [0.2, 0.25) is 0 Å². The van der Waals surface area contributed by atoms with Gasteiger partial charge in [0, 0.05) is 10.5 Å². The smallest absolute Gasteiger partial charge is 0.408 e. The first-order valence-electron chi connectivity index (χ1n) is 7.36. The Labute approximate surface area is 140 Å². The van der Waals surface area contributed by atoms with E-state index in [1.165, 1.54) is 11.8 Å². The number of carbonyl (C=O) groups is 2. The highest BCUT2D eigenvalue weighted by molar-refractivity contribution is 8.00. The maximum Gasteiger partial charge on any atom is 0.408 e. The summed E-state index contributed by atoms with van der Waals surface area (Å²) in [6.45, 7) is 3.98. The van der Waals surface area contributed by atoms with E-state index >= 15 is 0 Å². The Morgan fingerprint density at radius 3 is 2.35 bits per heavy atom. The molecule has 0 aliphatic rings. The quantitative estimate of drug-likeness (QED) is 0.494. The number of amides is 1. The molecule has 0 fully saturated rings. The van der Waals surface area contributed by atoms with E-state index in [-0.39, 0.29) is 12.4 Å². The molecule has 120 valence electrons. The average Bonchev–Trinajstić information content (AvgIpc) is 2.56. The number of benzene rings is 2. The second kappa shape index (κ2) is 8.39. The van der Waals surface area contributed by atoms with E-state index < -0.39 is 11.5 Å². The summed E-state index contributed by atoms with van der Waals surface area (Å²) >= 11 is 1.29. The largest absolute Gasteiger partial charge is 0.450 e. The molecule has 0 radical (unpaired) electrons.